The van der Waals surface area contributed by atoms with Gasteiger partial charge in [-0.15, -0.1) is 0 Å². The largest absolute Gasteiger partial charge is 0.310 e. The van der Waals surface area contributed by atoms with E-state index in [1.807, 2.05) is 0 Å². The van der Waals surface area contributed by atoms with Crippen LogP contribution >= 0.6 is 0 Å². The molecule has 346 valence electrons. The molecule has 0 unspecified atom stereocenters. The first-order valence-electron chi connectivity index (χ1n) is 25.5. The van der Waals surface area contributed by atoms with Crippen LogP contribution in [0.3, 0.4) is 0 Å². The third kappa shape index (κ3) is 7.60. The van der Waals surface area contributed by atoms with Crippen LogP contribution in [0, 0.1) is 0 Å². The van der Waals surface area contributed by atoms with Gasteiger partial charge < -0.3 is 9.47 Å². The fourth-order valence-electron chi connectivity index (χ4n) is 11.4. The normalized spacial score (nSPS) is 11.5. The van der Waals surface area contributed by atoms with Crippen LogP contribution in [-0.2, 0) is 0 Å². The summed E-state index contributed by atoms with van der Waals surface area (Å²) < 4.78 is 2.41. The van der Waals surface area contributed by atoms with Crippen LogP contribution in [0.4, 0.5) is 17.1 Å². The monoisotopic (exact) mass is 940 g/mol. The van der Waals surface area contributed by atoms with E-state index in [-0.39, 0.29) is 0 Å². The molecule has 1 aromatic heterocycles. The average molecular weight is 941 g/mol. The van der Waals surface area contributed by atoms with Crippen molar-refractivity contribution in [3.8, 4) is 61.3 Å². The van der Waals surface area contributed by atoms with Gasteiger partial charge in [0.25, 0.3) is 0 Å². The number of para-hydroxylation sites is 1. The summed E-state index contributed by atoms with van der Waals surface area (Å²) in [5, 5.41) is 10.0. The maximum Gasteiger partial charge on any atom is 0.0547 e. The van der Waals surface area contributed by atoms with Gasteiger partial charge in [-0.3, -0.25) is 0 Å². The lowest BCUT2D eigenvalue weighted by atomic mass is 9.96. The van der Waals surface area contributed by atoms with Gasteiger partial charge in [0.2, 0.25) is 0 Å². The molecule has 2 nitrogen and oxygen atoms in total. The number of nitrogens with zero attached hydrogens (tertiary/aromatic N) is 2. The molecule has 0 saturated carbocycles. The molecule has 0 aliphatic rings. The summed E-state index contributed by atoms with van der Waals surface area (Å²) in [6, 6.07) is 106. The summed E-state index contributed by atoms with van der Waals surface area (Å²) in [7, 11) is 0. The topological polar surface area (TPSA) is 8.17 Å². The van der Waals surface area contributed by atoms with Gasteiger partial charge >= 0.3 is 0 Å². The van der Waals surface area contributed by atoms with Crippen LogP contribution in [-0.4, -0.2) is 4.57 Å². The van der Waals surface area contributed by atoms with Gasteiger partial charge in [-0.05, 0) is 161 Å². The number of rotatable bonds is 9. The van der Waals surface area contributed by atoms with Crippen molar-refractivity contribution >= 4 is 71.2 Å². The summed E-state index contributed by atoms with van der Waals surface area (Å²) >= 11 is 0. The molecule has 14 rings (SSSR count). The first kappa shape index (κ1) is 43.1. The molecule has 0 radical (unpaired) electrons. The van der Waals surface area contributed by atoms with Crippen LogP contribution in [0.1, 0.15) is 0 Å². The molecular weight excluding hydrogens is 893 g/mol. The smallest absolute Gasteiger partial charge is 0.0547 e. The second kappa shape index (κ2) is 18.1. The van der Waals surface area contributed by atoms with Crippen LogP contribution in [0.15, 0.2) is 291 Å². The van der Waals surface area contributed by atoms with Crippen molar-refractivity contribution in [2.45, 2.75) is 0 Å². The molecule has 0 bridgehead atoms. The van der Waals surface area contributed by atoms with E-state index >= 15 is 0 Å². The predicted molar refractivity (Wildman–Crippen MR) is 315 cm³/mol. The van der Waals surface area contributed by atoms with Gasteiger partial charge in [0.05, 0.1) is 11.0 Å². The van der Waals surface area contributed by atoms with E-state index in [9.17, 15) is 0 Å². The van der Waals surface area contributed by atoms with E-state index in [0.29, 0.717) is 0 Å². The van der Waals surface area contributed by atoms with Crippen molar-refractivity contribution in [3.63, 3.8) is 0 Å². The van der Waals surface area contributed by atoms with Crippen molar-refractivity contribution in [2.24, 2.45) is 0 Å². The zero-order chi connectivity index (χ0) is 49.0. The van der Waals surface area contributed by atoms with Crippen LogP contribution < -0.4 is 4.90 Å². The van der Waals surface area contributed by atoms with Crippen molar-refractivity contribution < 1.29 is 0 Å². The molecule has 74 heavy (non-hydrogen) atoms. The molecule has 0 N–H and O–H groups in total. The highest BCUT2D eigenvalue weighted by atomic mass is 15.1. The van der Waals surface area contributed by atoms with Crippen molar-refractivity contribution in [1.82, 2.24) is 4.57 Å². The highest BCUT2D eigenvalue weighted by molar-refractivity contribution is 6.17. The molecule has 14 aromatic rings. The van der Waals surface area contributed by atoms with Gasteiger partial charge in [0.1, 0.15) is 0 Å². The third-order valence-corrected chi connectivity index (χ3v) is 15.0. The Balaban J connectivity index is 0.879. The molecule has 0 spiro atoms. The minimum atomic E-state index is 1.08. The average Bonchev–Trinajstić information content (AvgIpc) is 3.84. The Bertz CT molecular complexity index is 4380. The Morgan fingerprint density at radius 2 is 0.730 bits per heavy atom. The molecule has 2 heteroatoms. The van der Waals surface area contributed by atoms with E-state index in [1.165, 1.54) is 104 Å². The molecule has 0 saturated heterocycles. The molecule has 1 heterocycles. The summed E-state index contributed by atoms with van der Waals surface area (Å²) in [4.78, 5) is 2.40. The fourth-order valence-corrected chi connectivity index (χ4v) is 11.4. The molecule has 0 fully saturated rings. The minimum Gasteiger partial charge on any atom is -0.310 e. The summed E-state index contributed by atoms with van der Waals surface area (Å²) in [6.07, 6.45) is 0. The van der Waals surface area contributed by atoms with Crippen LogP contribution in [0.5, 0.6) is 0 Å². The molecule has 0 amide bonds. The zero-order valence-corrected chi connectivity index (χ0v) is 40.6. The maximum absolute atomic E-state index is 2.41. The summed E-state index contributed by atoms with van der Waals surface area (Å²) in [6.45, 7) is 0. The van der Waals surface area contributed by atoms with Crippen LogP contribution in [0.25, 0.3) is 115 Å². The van der Waals surface area contributed by atoms with Gasteiger partial charge in [0, 0.05) is 33.5 Å². The first-order chi connectivity index (χ1) is 36.7. The number of benzene rings is 13. The molecule has 0 aliphatic carbocycles. The third-order valence-electron chi connectivity index (χ3n) is 15.0. The molecule has 0 atom stereocenters. The van der Waals surface area contributed by atoms with E-state index in [4.69, 9.17) is 0 Å². The lowest BCUT2D eigenvalue weighted by Crippen LogP contribution is -2.10. The minimum absolute atomic E-state index is 1.08. The summed E-state index contributed by atoms with van der Waals surface area (Å²) in [5.74, 6) is 0. The van der Waals surface area contributed by atoms with E-state index in [2.05, 4.69) is 301 Å². The SMILES string of the molecule is c1ccc(-c2ccc3c(c2)c2c(-c4cccc(N(c5ccc(-c6ccc(-c7cccc8ccccc78)cc6)cc5)c5ccc(-c6ccc7c(ccc8ccccc87)c6)cc5)c4)cccc2n3-c2ccccc2)cc1. The predicted octanol–water partition coefficient (Wildman–Crippen LogP) is 20.0. The van der Waals surface area contributed by atoms with Crippen LogP contribution in [0.2, 0.25) is 0 Å². The number of fused-ring (bicyclic) bond motifs is 7. The number of hydrogen-bond acceptors (Lipinski definition) is 1. The van der Waals surface area contributed by atoms with Gasteiger partial charge in [-0.2, -0.15) is 0 Å². The van der Waals surface area contributed by atoms with Crippen molar-refractivity contribution in [2.75, 3.05) is 4.90 Å². The lowest BCUT2D eigenvalue weighted by molar-refractivity contribution is 1.18. The van der Waals surface area contributed by atoms with E-state index < -0.39 is 0 Å². The molecule has 0 aliphatic heterocycles. The molecular formula is C72H48N2. The lowest BCUT2D eigenvalue weighted by Gasteiger charge is -2.26. The summed E-state index contributed by atoms with van der Waals surface area (Å²) in [5.41, 5.74) is 18.7. The number of anilines is 3. The van der Waals surface area contributed by atoms with Gasteiger partial charge in [0.15, 0.2) is 0 Å². The quantitative estimate of drug-likeness (QED) is 0.131. The zero-order valence-electron chi connectivity index (χ0n) is 40.6. The van der Waals surface area contributed by atoms with E-state index in [0.717, 1.165) is 28.3 Å². The van der Waals surface area contributed by atoms with Crippen molar-refractivity contribution in [3.05, 3.63) is 291 Å². The Labute approximate surface area is 430 Å². The Morgan fingerprint density at radius 1 is 0.230 bits per heavy atom. The Hall–Kier alpha value is -9.76. The molecule has 13 aromatic carbocycles. The Kier molecular flexibility index (Phi) is 10.6. The highest BCUT2D eigenvalue weighted by Crippen LogP contribution is 2.44. The van der Waals surface area contributed by atoms with Gasteiger partial charge in [-0.25, -0.2) is 0 Å². The van der Waals surface area contributed by atoms with E-state index in [1.54, 1.807) is 0 Å². The number of aromatic nitrogens is 1. The Morgan fingerprint density at radius 3 is 1.49 bits per heavy atom. The number of hydrogen-bond donors (Lipinski definition) is 0. The second-order valence-corrected chi connectivity index (χ2v) is 19.3. The fraction of sp³-hybridized carbons (Fsp3) is 0. The second-order valence-electron chi connectivity index (χ2n) is 19.3. The van der Waals surface area contributed by atoms with Crippen molar-refractivity contribution in [1.29, 1.82) is 0 Å². The van der Waals surface area contributed by atoms with Gasteiger partial charge in [-0.1, -0.05) is 218 Å². The maximum atomic E-state index is 2.41. The first-order valence-corrected chi connectivity index (χ1v) is 25.5. The standard InChI is InChI=1S/C72H48N2/c1-3-14-49(15-4-1)57-39-45-70-69(48-57)72-68(26-13-27-71(72)74(70)60-20-5-2-6-21-60)58-19-11-22-63(47-58)73(62-42-36-52(37-43-62)56-38-44-67-59(46-56)33-32-54-17-8-10-24-65(54)67)61-40-34-51(35-41-61)50-28-30-55(31-29-50)66-25-12-18-53-16-7-9-23-64(53)66/h1-48H. The highest BCUT2D eigenvalue weighted by Gasteiger charge is 2.20.